The van der Waals surface area contributed by atoms with Crippen LogP contribution in [0.2, 0.25) is 0 Å². The van der Waals surface area contributed by atoms with Crippen LogP contribution in [0.1, 0.15) is 37.6 Å². The van der Waals surface area contributed by atoms with E-state index in [1.54, 1.807) is 19.9 Å². The van der Waals surface area contributed by atoms with Crippen molar-refractivity contribution in [3.05, 3.63) is 48.0 Å². The average Bonchev–Trinajstić information content (AvgIpc) is 3.06. The molecule has 1 saturated heterocycles. The Balaban J connectivity index is 1.56. The first-order valence-corrected chi connectivity index (χ1v) is 10.1. The number of hydrogen-bond donors (Lipinski definition) is 2. The molecule has 2 aromatic carbocycles. The smallest absolute Gasteiger partial charge is 0.251 e. The topological polar surface area (TPSA) is 72.9 Å². The van der Waals surface area contributed by atoms with Gasteiger partial charge in [0.1, 0.15) is 0 Å². The number of fused-ring (bicyclic) bond motifs is 1. The Morgan fingerprint density at radius 3 is 2.59 bits per heavy atom. The van der Waals surface area contributed by atoms with Crippen LogP contribution in [0.15, 0.2) is 42.5 Å². The van der Waals surface area contributed by atoms with Gasteiger partial charge in [-0.15, -0.1) is 0 Å². The second-order valence-electron chi connectivity index (χ2n) is 8.76. The van der Waals surface area contributed by atoms with Crippen LogP contribution in [-0.2, 0) is 4.79 Å². The standard InChI is InChI=1S/C23H31N3O3/c1-16-11-20(25(4)15-23(2,3)29)14-26(16)21(27)13-24-22(28)19-10-9-17-7-5-6-8-18(17)12-19/h5-10,12,16,20,29H,11,13-15H2,1-4H3,(H,24,28). The van der Waals surface area contributed by atoms with Crippen LogP contribution in [0, 0.1) is 0 Å². The molecular weight excluding hydrogens is 366 g/mol. The maximum atomic E-state index is 12.7. The SMILES string of the molecule is CC1CC(N(C)CC(C)(C)O)CN1C(=O)CNC(=O)c1ccc2ccccc2c1. The third-order valence-electron chi connectivity index (χ3n) is 5.54. The van der Waals surface area contributed by atoms with E-state index in [4.69, 9.17) is 0 Å². The maximum absolute atomic E-state index is 12.7. The third-order valence-corrected chi connectivity index (χ3v) is 5.54. The minimum Gasteiger partial charge on any atom is -0.389 e. The molecule has 0 aromatic heterocycles. The van der Waals surface area contributed by atoms with Crippen LogP contribution < -0.4 is 5.32 Å². The Morgan fingerprint density at radius 1 is 1.21 bits per heavy atom. The fraction of sp³-hybridized carbons (Fsp3) is 0.478. The number of nitrogens with one attached hydrogen (secondary N) is 1. The van der Waals surface area contributed by atoms with Crippen molar-refractivity contribution in [3.8, 4) is 0 Å². The van der Waals surface area contributed by atoms with Gasteiger partial charge in [-0.25, -0.2) is 0 Å². The van der Waals surface area contributed by atoms with Crippen LogP contribution in [0.25, 0.3) is 10.8 Å². The summed E-state index contributed by atoms with van der Waals surface area (Å²) in [5, 5.41) is 14.9. The van der Waals surface area contributed by atoms with Gasteiger partial charge in [0.25, 0.3) is 5.91 Å². The van der Waals surface area contributed by atoms with Gasteiger partial charge in [0, 0.05) is 30.7 Å². The zero-order valence-corrected chi connectivity index (χ0v) is 17.7. The lowest BCUT2D eigenvalue weighted by Gasteiger charge is -2.30. The van der Waals surface area contributed by atoms with E-state index in [2.05, 4.69) is 10.2 Å². The first-order chi connectivity index (χ1) is 13.6. The summed E-state index contributed by atoms with van der Waals surface area (Å²) in [7, 11) is 1.98. The van der Waals surface area contributed by atoms with Crippen LogP contribution in [0.3, 0.4) is 0 Å². The molecule has 0 spiro atoms. The third kappa shape index (κ3) is 5.34. The molecule has 0 saturated carbocycles. The van der Waals surface area contributed by atoms with Crippen molar-refractivity contribution in [1.82, 2.24) is 15.1 Å². The molecular formula is C23H31N3O3. The highest BCUT2D eigenvalue weighted by atomic mass is 16.3. The van der Waals surface area contributed by atoms with E-state index in [0.717, 1.165) is 17.2 Å². The summed E-state index contributed by atoms with van der Waals surface area (Å²) in [5.74, 6) is -0.322. The van der Waals surface area contributed by atoms with Crippen molar-refractivity contribution in [2.45, 2.75) is 44.9 Å². The van der Waals surface area contributed by atoms with Crippen molar-refractivity contribution in [2.75, 3.05) is 26.7 Å². The molecule has 0 aliphatic carbocycles. The molecule has 29 heavy (non-hydrogen) atoms. The van der Waals surface area contributed by atoms with Gasteiger partial charge in [-0.3, -0.25) is 14.5 Å². The van der Waals surface area contributed by atoms with Gasteiger partial charge in [-0.05, 0) is 57.1 Å². The Labute approximate surface area is 172 Å². The van der Waals surface area contributed by atoms with Crippen molar-refractivity contribution >= 4 is 22.6 Å². The summed E-state index contributed by atoms with van der Waals surface area (Å²) in [4.78, 5) is 29.1. The largest absolute Gasteiger partial charge is 0.389 e. The molecule has 1 aliphatic heterocycles. The van der Waals surface area contributed by atoms with E-state index in [1.807, 2.05) is 55.3 Å². The predicted molar refractivity (Wildman–Crippen MR) is 115 cm³/mol. The van der Waals surface area contributed by atoms with Crippen molar-refractivity contribution in [2.24, 2.45) is 0 Å². The molecule has 2 aromatic rings. The number of carbonyl (C=O) groups is 2. The Hall–Kier alpha value is -2.44. The number of likely N-dealkylation sites (N-methyl/N-ethyl adjacent to an activating group) is 1. The van der Waals surface area contributed by atoms with Gasteiger partial charge in [0.2, 0.25) is 5.91 Å². The molecule has 1 fully saturated rings. The number of carbonyl (C=O) groups excluding carboxylic acids is 2. The zero-order chi connectivity index (χ0) is 21.2. The number of benzene rings is 2. The van der Waals surface area contributed by atoms with Gasteiger partial charge in [0.05, 0.1) is 12.1 Å². The Morgan fingerprint density at radius 2 is 1.90 bits per heavy atom. The molecule has 0 radical (unpaired) electrons. The Kier molecular flexibility index (Phi) is 6.24. The quantitative estimate of drug-likeness (QED) is 0.784. The van der Waals surface area contributed by atoms with Gasteiger partial charge in [0.15, 0.2) is 0 Å². The molecule has 3 rings (SSSR count). The minimum atomic E-state index is -0.775. The molecule has 156 valence electrons. The normalized spacial score (nSPS) is 19.7. The number of rotatable bonds is 6. The molecule has 2 N–H and O–H groups in total. The molecule has 1 heterocycles. The highest BCUT2D eigenvalue weighted by Gasteiger charge is 2.35. The predicted octanol–water partition coefficient (Wildman–Crippen LogP) is 2.26. The molecule has 6 nitrogen and oxygen atoms in total. The second kappa shape index (κ2) is 8.51. The van der Waals surface area contributed by atoms with E-state index < -0.39 is 5.60 Å². The summed E-state index contributed by atoms with van der Waals surface area (Å²) < 4.78 is 0. The average molecular weight is 398 g/mol. The second-order valence-corrected chi connectivity index (χ2v) is 8.76. The summed E-state index contributed by atoms with van der Waals surface area (Å²) in [6.07, 6.45) is 0.858. The first kappa shape index (κ1) is 21.3. The maximum Gasteiger partial charge on any atom is 0.251 e. The Bertz CT molecular complexity index is 890. The molecule has 6 heteroatoms. The van der Waals surface area contributed by atoms with Crippen LogP contribution in [0.5, 0.6) is 0 Å². The van der Waals surface area contributed by atoms with Gasteiger partial charge >= 0.3 is 0 Å². The molecule has 2 amide bonds. The lowest BCUT2D eigenvalue weighted by molar-refractivity contribution is -0.130. The number of likely N-dealkylation sites (tertiary alicyclic amines) is 1. The van der Waals surface area contributed by atoms with E-state index in [-0.39, 0.29) is 30.4 Å². The van der Waals surface area contributed by atoms with E-state index in [0.29, 0.717) is 18.7 Å². The van der Waals surface area contributed by atoms with Crippen molar-refractivity contribution < 1.29 is 14.7 Å². The van der Waals surface area contributed by atoms with E-state index in [1.165, 1.54) is 0 Å². The molecule has 2 unspecified atom stereocenters. The fourth-order valence-corrected chi connectivity index (χ4v) is 4.10. The number of amides is 2. The summed E-state index contributed by atoms with van der Waals surface area (Å²) in [6.45, 7) is 6.74. The number of aliphatic hydroxyl groups is 1. The van der Waals surface area contributed by atoms with Crippen LogP contribution in [0.4, 0.5) is 0 Å². The first-order valence-electron chi connectivity index (χ1n) is 10.1. The summed E-state index contributed by atoms with van der Waals surface area (Å²) >= 11 is 0. The van der Waals surface area contributed by atoms with E-state index in [9.17, 15) is 14.7 Å². The van der Waals surface area contributed by atoms with Crippen molar-refractivity contribution in [1.29, 1.82) is 0 Å². The molecule has 0 bridgehead atoms. The summed E-state index contributed by atoms with van der Waals surface area (Å²) in [5.41, 5.74) is -0.225. The number of hydrogen-bond acceptors (Lipinski definition) is 4. The fourth-order valence-electron chi connectivity index (χ4n) is 4.10. The zero-order valence-electron chi connectivity index (χ0n) is 17.7. The monoisotopic (exact) mass is 397 g/mol. The van der Waals surface area contributed by atoms with Crippen molar-refractivity contribution in [3.63, 3.8) is 0 Å². The lowest BCUT2D eigenvalue weighted by atomic mass is 10.1. The van der Waals surface area contributed by atoms with Gasteiger partial charge in [-0.2, -0.15) is 0 Å². The van der Waals surface area contributed by atoms with E-state index >= 15 is 0 Å². The van der Waals surface area contributed by atoms with Gasteiger partial charge < -0.3 is 15.3 Å². The minimum absolute atomic E-state index is 0.0159. The molecule has 2 atom stereocenters. The lowest BCUT2D eigenvalue weighted by Crippen LogP contribution is -2.45. The van der Waals surface area contributed by atoms with Crippen LogP contribution in [-0.4, -0.2) is 71.1 Å². The van der Waals surface area contributed by atoms with Gasteiger partial charge in [-0.1, -0.05) is 30.3 Å². The number of nitrogens with zero attached hydrogens (tertiary/aromatic N) is 2. The highest BCUT2D eigenvalue weighted by molar-refractivity contribution is 6.00. The molecule has 1 aliphatic rings. The highest BCUT2D eigenvalue weighted by Crippen LogP contribution is 2.22. The van der Waals surface area contributed by atoms with Crippen LogP contribution >= 0.6 is 0 Å². The summed E-state index contributed by atoms with van der Waals surface area (Å²) in [6, 6.07) is 13.7.